The first-order chi connectivity index (χ1) is 13.0. The Balaban J connectivity index is 1.91. The summed E-state index contributed by atoms with van der Waals surface area (Å²) in [5.74, 6) is 2.14. The average Bonchev–Trinajstić information content (AvgIpc) is 2.66. The van der Waals surface area contributed by atoms with E-state index in [1.54, 1.807) is 21.3 Å². The summed E-state index contributed by atoms with van der Waals surface area (Å²) in [6.07, 6.45) is 0. The third-order valence-corrected chi connectivity index (χ3v) is 4.85. The molecule has 0 aliphatic carbocycles. The van der Waals surface area contributed by atoms with Crippen molar-refractivity contribution in [3.63, 3.8) is 0 Å². The van der Waals surface area contributed by atoms with E-state index >= 15 is 0 Å². The standard InChI is InChI=1S/C18H20BrN5O3/c1-25-13-7-12(14(19)16(27-3)15(13)26-2)22-8-9-4-5-11-10(6-9)17(20)24-18(21)23-11/h4-7,22H,8H2,1-3H3,(H4,20,21,23,24). The van der Waals surface area contributed by atoms with Crippen molar-refractivity contribution in [3.8, 4) is 17.2 Å². The molecule has 0 saturated carbocycles. The predicted octanol–water partition coefficient (Wildman–Crippen LogP) is 3.19. The summed E-state index contributed by atoms with van der Waals surface area (Å²) in [6.45, 7) is 0.539. The van der Waals surface area contributed by atoms with E-state index in [9.17, 15) is 0 Å². The average molecular weight is 434 g/mol. The Labute approximate surface area is 165 Å². The van der Waals surface area contributed by atoms with Gasteiger partial charge >= 0.3 is 0 Å². The number of nitrogen functional groups attached to an aromatic ring is 2. The number of nitrogens with two attached hydrogens (primary N) is 2. The number of halogens is 1. The van der Waals surface area contributed by atoms with E-state index in [0.29, 0.717) is 35.1 Å². The molecule has 9 heteroatoms. The second kappa shape index (κ2) is 7.75. The van der Waals surface area contributed by atoms with Crippen LogP contribution < -0.4 is 31.0 Å². The smallest absolute Gasteiger partial charge is 0.222 e. The van der Waals surface area contributed by atoms with E-state index < -0.39 is 0 Å². The van der Waals surface area contributed by atoms with Crippen molar-refractivity contribution in [2.45, 2.75) is 6.54 Å². The molecular weight excluding hydrogens is 414 g/mol. The number of ether oxygens (including phenoxy) is 3. The third-order valence-electron chi connectivity index (χ3n) is 4.06. The van der Waals surface area contributed by atoms with Gasteiger partial charge in [-0.25, -0.2) is 4.98 Å². The van der Waals surface area contributed by atoms with Crippen LogP contribution in [0.3, 0.4) is 0 Å². The molecule has 142 valence electrons. The molecule has 0 amide bonds. The highest BCUT2D eigenvalue weighted by Crippen LogP contribution is 2.47. The predicted molar refractivity (Wildman–Crippen MR) is 109 cm³/mol. The molecule has 0 saturated heterocycles. The normalized spacial score (nSPS) is 10.7. The molecule has 3 aromatic rings. The first kappa shape index (κ1) is 18.8. The van der Waals surface area contributed by atoms with Crippen molar-refractivity contribution in [2.24, 2.45) is 0 Å². The van der Waals surface area contributed by atoms with E-state index in [1.165, 1.54) is 0 Å². The van der Waals surface area contributed by atoms with Crippen LogP contribution in [-0.2, 0) is 6.54 Å². The quantitative estimate of drug-likeness (QED) is 0.542. The van der Waals surface area contributed by atoms with E-state index in [1.807, 2.05) is 24.3 Å². The van der Waals surface area contributed by atoms with Gasteiger partial charge in [-0.05, 0) is 33.6 Å². The van der Waals surface area contributed by atoms with Gasteiger partial charge in [-0.15, -0.1) is 0 Å². The first-order valence-electron chi connectivity index (χ1n) is 8.02. The zero-order chi connectivity index (χ0) is 19.6. The van der Waals surface area contributed by atoms with Crippen molar-refractivity contribution < 1.29 is 14.2 Å². The summed E-state index contributed by atoms with van der Waals surface area (Å²) in [5.41, 5.74) is 14.1. The fourth-order valence-corrected chi connectivity index (χ4v) is 3.37. The Kier molecular flexibility index (Phi) is 5.41. The van der Waals surface area contributed by atoms with E-state index in [2.05, 4.69) is 31.2 Å². The van der Waals surface area contributed by atoms with Crippen molar-refractivity contribution >= 4 is 44.3 Å². The molecule has 0 atom stereocenters. The lowest BCUT2D eigenvalue weighted by molar-refractivity contribution is 0.323. The van der Waals surface area contributed by atoms with Gasteiger partial charge in [0, 0.05) is 18.0 Å². The van der Waals surface area contributed by atoms with Crippen LogP contribution in [0, 0.1) is 0 Å². The minimum absolute atomic E-state index is 0.159. The van der Waals surface area contributed by atoms with E-state index in [0.717, 1.165) is 21.1 Å². The second-order valence-electron chi connectivity index (χ2n) is 5.68. The maximum absolute atomic E-state index is 5.96. The number of fused-ring (bicyclic) bond motifs is 1. The van der Waals surface area contributed by atoms with Crippen molar-refractivity contribution in [3.05, 3.63) is 34.3 Å². The highest BCUT2D eigenvalue weighted by atomic mass is 79.9. The minimum atomic E-state index is 0.159. The number of aromatic nitrogens is 2. The zero-order valence-electron chi connectivity index (χ0n) is 15.2. The maximum Gasteiger partial charge on any atom is 0.222 e. The van der Waals surface area contributed by atoms with Crippen LogP contribution >= 0.6 is 15.9 Å². The summed E-state index contributed by atoms with van der Waals surface area (Å²) >= 11 is 3.55. The van der Waals surface area contributed by atoms with Gasteiger partial charge in [0.25, 0.3) is 0 Å². The second-order valence-corrected chi connectivity index (χ2v) is 6.47. The van der Waals surface area contributed by atoms with Crippen molar-refractivity contribution in [2.75, 3.05) is 38.1 Å². The van der Waals surface area contributed by atoms with Crippen LogP contribution in [0.2, 0.25) is 0 Å². The largest absolute Gasteiger partial charge is 0.493 e. The van der Waals surface area contributed by atoms with Gasteiger partial charge in [0.05, 0.1) is 37.0 Å². The molecule has 3 rings (SSSR count). The molecule has 5 N–H and O–H groups in total. The van der Waals surface area contributed by atoms with Gasteiger partial charge in [0.2, 0.25) is 11.7 Å². The lowest BCUT2D eigenvalue weighted by Crippen LogP contribution is -2.04. The highest BCUT2D eigenvalue weighted by Gasteiger charge is 2.19. The maximum atomic E-state index is 5.96. The Hall–Kier alpha value is -2.94. The molecule has 0 aliphatic heterocycles. The van der Waals surface area contributed by atoms with Crippen LogP contribution in [0.25, 0.3) is 10.9 Å². The molecule has 0 unspecified atom stereocenters. The lowest BCUT2D eigenvalue weighted by Gasteiger charge is -2.17. The number of methoxy groups -OCH3 is 3. The lowest BCUT2D eigenvalue weighted by atomic mass is 10.1. The molecule has 8 nitrogen and oxygen atoms in total. The molecule has 2 aromatic carbocycles. The number of anilines is 3. The molecule has 0 radical (unpaired) electrons. The SMILES string of the molecule is COc1cc(NCc2ccc3nc(N)nc(N)c3c2)c(Br)c(OC)c1OC. The Bertz CT molecular complexity index is 997. The van der Waals surface area contributed by atoms with Gasteiger partial charge < -0.3 is 31.0 Å². The third kappa shape index (κ3) is 3.63. The highest BCUT2D eigenvalue weighted by molar-refractivity contribution is 9.10. The van der Waals surface area contributed by atoms with Crippen LogP contribution in [0.4, 0.5) is 17.5 Å². The number of hydrogen-bond donors (Lipinski definition) is 3. The monoisotopic (exact) mass is 433 g/mol. The summed E-state index contributed by atoms with van der Waals surface area (Å²) in [5, 5.41) is 4.11. The Morgan fingerprint density at radius 2 is 1.74 bits per heavy atom. The number of hydrogen-bond acceptors (Lipinski definition) is 8. The first-order valence-corrected chi connectivity index (χ1v) is 8.81. The van der Waals surface area contributed by atoms with Gasteiger partial charge in [-0.3, -0.25) is 0 Å². The molecule has 0 fully saturated rings. The number of nitrogens with one attached hydrogen (secondary N) is 1. The van der Waals surface area contributed by atoms with Crippen LogP contribution in [0.15, 0.2) is 28.7 Å². The summed E-state index contributed by atoms with van der Waals surface area (Å²) < 4.78 is 17.0. The van der Waals surface area contributed by atoms with Gasteiger partial charge in [0.15, 0.2) is 11.5 Å². The van der Waals surface area contributed by atoms with Gasteiger partial charge in [0.1, 0.15) is 5.82 Å². The molecule has 0 spiro atoms. The molecular formula is C18H20BrN5O3. The van der Waals surface area contributed by atoms with Crippen LogP contribution in [0.1, 0.15) is 5.56 Å². The van der Waals surface area contributed by atoms with Crippen LogP contribution in [0.5, 0.6) is 17.2 Å². The zero-order valence-corrected chi connectivity index (χ0v) is 16.8. The topological polar surface area (TPSA) is 118 Å². The molecule has 1 aromatic heterocycles. The molecule has 27 heavy (non-hydrogen) atoms. The fourth-order valence-electron chi connectivity index (χ4n) is 2.77. The number of rotatable bonds is 6. The summed E-state index contributed by atoms with van der Waals surface area (Å²) in [7, 11) is 4.71. The van der Waals surface area contributed by atoms with Crippen LogP contribution in [-0.4, -0.2) is 31.3 Å². The van der Waals surface area contributed by atoms with Gasteiger partial charge in [-0.1, -0.05) is 6.07 Å². The summed E-state index contributed by atoms with van der Waals surface area (Å²) in [6, 6.07) is 7.59. The molecule has 0 aliphatic rings. The molecule has 0 bridgehead atoms. The minimum Gasteiger partial charge on any atom is -0.493 e. The van der Waals surface area contributed by atoms with Gasteiger partial charge in [-0.2, -0.15) is 4.98 Å². The molecule has 1 heterocycles. The Morgan fingerprint density at radius 1 is 1.00 bits per heavy atom. The van der Waals surface area contributed by atoms with E-state index in [4.69, 9.17) is 25.7 Å². The Morgan fingerprint density at radius 3 is 2.41 bits per heavy atom. The van der Waals surface area contributed by atoms with E-state index in [-0.39, 0.29) is 5.95 Å². The fraction of sp³-hybridized carbons (Fsp3) is 0.222. The number of benzene rings is 2. The summed E-state index contributed by atoms with van der Waals surface area (Å²) in [4.78, 5) is 8.20. The van der Waals surface area contributed by atoms with Crippen molar-refractivity contribution in [1.29, 1.82) is 0 Å². The number of nitrogens with zero attached hydrogens (tertiary/aromatic N) is 2. The van der Waals surface area contributed by atoms with Crippen molar-refractivity contribution in [1.82, 2.24) is 9.97 Å².